The Balaban J connectivity index is 1.37. The van der Waals surface area contributed by atoms with Crippen molar-refractivity contribution >= 4 is 58.2 Å². The fourth-order valence-electron chi connectivity index (χ4n) is 4.40. The molecule has 0 saturated carbocycles. The van der Waals surface area contributed by atoms with Crippen molar-refractivity contribution in [3.05, 3.63) is 103 Å². The van der Waals surface area contributed by atoms with Crippen molar-refractivity contribution < 1.29 is 14.5 Å². The first-order valence-electron chi connectivity index (χ1n) is 12.2. The quantitative estimate of drug-likeness (QED) is 0.164. The highest BCUT2D eigenvalue weighted by atomic mass is 35.5. The zero-order valence-corrected chi connectivity index (χ0v) is 23.5. The second-order valence-corrected chi connectivity index (χ2v) is 10.7. The first-order chi connectivity index (χ1) is 19.2. The van der Waals surface area contributed by atoms with Crippen LogP contribution in [0.1, 0.15) is 27.3 Å². The number of carbonyl (C=O) groups is 2. The molecule has 1 aliphatic heterocycles. The summed E-state index contributed by atoms with van der Waals surface area (Å²) in [6, 6.07) is 17.1. The van der Waals surface area contributed by atoms with Gasteiger partial charge in [0, 0.05) is 29.4 Å². The third kappa shape index (κ3) is 5.67. The number of rotatable bonds is 8. The van der Waals surface area contributed by atoms with E-state index in [0.29, 0.717) is 38.8 Å². The Hall–Kier alpha value is -3.93. The molecule has 1 aliphatic rings. The highest BCUT2D eigenvalue weighted by Crippen LogP contribution is 2.31. The van der Waals surface area contributed by atoms with E-state index in [1.165, 1.54) is 30.0 Å². The van der Waals surface area contributed by atoms with Crippen LogP contribution >= 0.6 is 35.0 Å². The summed E-state index contributed by atoms with van der Waals surface area (Å²) in [4.78, 5) is 38.5. The van der Waals surface area contributed by atoms with Gasteiger partial charge in [0.25, 0.3) is 11.6 Å². The molecule has 4 aromatic rings. The third-order valence-corrected chi connectivity index (χ3v) is 8.10. The summed E-state index contributed by atoms with van der Waals surface area (Å²) in [5, 5.41) is 23.7. The van der Waals surface area contributed by atoms with Crippen LogP contribution in [0.5, 0.6) is 0 Å². The van der Waals surface area contributed by atoms with Gasteiger partial charge in [0.2, 0.25) is 5.91 Å². The van der Waals surface area contributed by atoms with Crippen LogP contribution in [-0.4, -0.2) is 43.8 Å². The lowest BCUT2D eigenvalue weighted by molar-refractivity contribution is -0.385. The molecule has 0 unspecified atom stereocenters. The molecule has 0 saturated heterocycles. The second kappa shape index (κ2) is 11.7. The van der Waals surface area contributed by atoms with Gasteiger partial charge in [-0.05, 0) is 49.2 Å². The van der Waals surface area contributed by atoms with Gasteiger partial charge in [-0.15, -0.1) is 10.2 Å². The van der Waals surface area contributed by atoms with E-state index in [-0.39, 0.29) is 29.5 Å². The number of amides is 2. The maximum atomic E-state index is 13.1. The minimum atomic E-state index is -0.529. The zero-order chi connectivity index (χ0) is 28.4. The van der Waals surface area contributed by atoms with Crippen molar-refractivity contribution in [3.63, 3.8) is 0 Å². The van der Waals surface area contributed by atoms with E-state index >= 15 is 0 Å². The molecule has 40 heavy (non-hydrogen) atoms. The summed E-state index contributed by atoms with van der Waals surface area (Å²) in [6.07, 6.45) is 0.806. The van der Waals surface area contributed by atoms with E-state index in [2.05, 4.69) is 15.5 Å². The Morgan fingerprint density at radius 1 is 1.07 bits per heavy atom. The molecule has 3 aromatic carbocycles. The molecule has 5 rings (SSSR count). The Morgan fingerprint density at radius 3 is 2.65 bits per heavy atom. The van der Waals surface area contributed by atoms with Crippen LogP contribution in [-0.2, 0) is 17.8 Å². The van der Waals surface area contributed by atoms with E-state index in [1.807, 2.05) is 24.3 Å². The van der Waals surface area contributed by atoms with Crippen molar-refractivity contribution in [2.24, 2.45) is 0 Å². The average Bonchev–Trinajstić information content (AvgIpc) is 3.56. The number of benzene rings is 3. The van der Waals surface area contributed by atoms with E-state index in [4.69, 9.17) is 23.2 Å². The summed E-state index contributed by atoms with van der Waals surface area (Å²) in [5.41, 5.74) is 3.10. The van der Waals surface area contributed by atoms with Gasteiger partial charge in [-0.2, -0.15) is 0 Å². The van der Waals surface area contributed by atoms with Gasteiger partial charge in [0.05, 0.1) is 33.0 Å². The molecule has 10 nitrogen and oxygen atoms in total. The monoisotopic (exact) mass is 596 g/mol. The number of nitrogens with zero attached hydrogens (tertiary/aromatic N) is 5. The van der Waals surface area contributed by atoms with Gasteiger partial charge < -0.3 is 10.2 Å². The lowest BCUT2D eigenvalue weighted by atomic mass is 10.1. The standard InChI is InChI=1S/C27H22Cl2N6O4S/c1-16-6-7-18(12-23(16)35(38)39)26(37)30-14-24-31-32-27(34(24)19-8-9-20(28)21(29)13-19)40-15-25(36)33-11-10-17-4-2-3-5-22(17)33/h2-9,12-13H,10-11,14-15H2,1H3,(H,30,37). The predicted octanol–water partition coefficient (Wildman–Crippen LogP) is 5.40. The molecule has 0 aliphatic carbocycles. The lowest BCUT2D eigenvalue weighted by Gasteiger charge is -2.17. The maximum absolute atomic E-state index is 13.1. The number of anilines is 1. The van der Waals surface area contributed by atoms with Crippen LogP contribution in [0, 0.1) is 17.0 Å². The molecule has 0 atom stereocenters. The second-order valence-electron chi connectivity index (χ2n) is 8.99. The fraction of sp³-hybridized carbons (Fsp3) is 0.185. The Morgan fingerprint density at radius 2 is 1.88 bits per heavy atom. The summed E-state index contributed by atoms with van der Waals surface area (Å²) >= 11 is 13.6. The number of halogens is 2. The molecule has 0 fully saturated rings. The normalized spacial score (nSPS) is 12.3. The number of carbonyl (C=O) groups excluding carboxylic acids is 2. The molecule has 0 bridgehead atoms. The van der Waals surface area contributed by atoms with Crippen LogP contribution in [0.2, 0.25) is 10.0 Å². The maximum Gasteiger partial charge on any atom is 0.273 e. The van der Waals surface area contributed by atoms with Gasteiger partial charge >= 0.3 is 0 Å². The average molecular weight is 597 g/mol. The van der Waals surface area contributed by atoms with Crippen LogP contribution in [0.15, 0.2) is 65.8 Å². The van der Waals surface area contributed by atoms with Crippen LogP contribution in [0.4, 0.5) is 11.4 Å². The first kappa shape index (κ1) is 27.6. The van der Waals surface area contributed by atoms with Crippen molar-refractivity contribution in [3.8, 4) is 5.69 Å². The number of nitrogens with one attached hydrogen (secondary N) is 1. The number of aryl methyl sites for hydroxylation is 1. The highest BCUT2D eigenvalue weighted by molar-refractivity contribution is 7.99. The molecule has 1 N–H and O–H groups in total. The Bertz CT molecular complexity index is 1640. The van der Waals surface area contributed by atoms with Crippen molar-refractivity contribution in [1.29, 1.82) is 0 Å². The highest BCUT2D eigenvalue weighted by Gasteiger charge is 2.25. The summed E-state index contributed by atoms with van der Waals surface area (Å²) < 4.78 is 1.69. The number of thioether (sulfide) groups is 1. The van der Waals surface area contributed by atoms with E-state index in [0.717, 1.165) is 17.7 Å². The van der Waals surface area contributed by atoms with E-state index in [1.54, 1.807) is 34.6 Å². The molecular formula is C27H22Cl2N6O4S. The third-order valence-electron chi connectivity index (χ3n) is 6.45. The topological polar surface area (TPSA) is 123 Å². The van der Waals surface area contributed by atoms with Gasteiger partial charge in [-0.25, -0.2) is 0 Å². The van der Waals surface area contributed by atoms with Crippen LogP contribution in [0.25, 0.3) is 5.69 Å². The minimum absolute atomic E-state index is 0.0399. The number of nitro benzene ring substituents is 1. The molecule has 0 radical (unpaired) electrons. The first-order valence-corrected chi connectivity index (χ1v) is 13.9. The van der Waals surface area contributed by atoms with Gasteiger partial charge in [-0.3, -0.25) is 24.3 Å². The summed E-state index contributed by atoms with van der Waals surface area (Å²) in [5.74, 6) is -0.0826. The molecule has 13 heteroatoms. The molecule has 204 valence electrons. The number of hydrogen-bond donors (Lipinski definition) is 1. The SMILES string of the molecule is Cc1ccc(C(=O)NCc2nnc(SCC(=O)N3CCc4ccccc43)n2-c2ccc(Cl)c(Cl)c2)cc1[N+](=O)[O-]. The number of fused-ring (bicyclic) bond motifs is 1. The van der Waals surface area contributed by atoms with Crippen LogP contribution in [0.3, 0.4) is 0 Å². The smallest absolute Gasteiger partial charge is 0.273 e. The number of para-hydroxylation sites is 1. The Kier molecular flexibility index (Phi) is 8.06. The number of aromatic nitrogens is 3. The van der Waals surface area contributed by atoms with E-state index in [9.17, 15) is 19.7 Å². The van der Waals surface area contributed by atoms with E-state index < -0.39 is 10.8 Å². The molecule has 1 aromatic heterocycles. The van der Waals surface area contributed by atoms with Crippen LogP contribution < -0.4 is 10.2 Å². The fourth-order valence-corrected chi connectivity index (χ4v) is 5.54. The molecule has 2 amide bonds. The van der Waals surface area contributed by atoms with Crippen molar-refractivity contribution in [2.75, 3.05) is 17.2 Å². The zero-order valence-electron chi connectivity index (χ0n) is 21.1. The lowest BCUT2D eigenvalue weighted by Crippen LogP contribution is -2.30. The number of nitro groups is 1. The molecule has 2 heterocycles. The van der Waals surface area contributed by atoms with Gasteiger partial charge in [0.1, 0.15) is 0 Å². The Labute approximate surface area is 243 Å². The minimum Gasteiger partial charge on any atom is -0.345 e. The molecular weight excluding hydrogens is 575 g/mol. The number of hydrogen-bond acceptors (Lipinski definition) is 7. The van der Waals surface area contributed by atoms with Gasteiger partial charge in [0.15, 0.2) is 11.0 Å². The van der Waals surface area contributed by atoms with Gasteiger partial charge in [-0.1, -0.05) is 59.2 Å². The molecule has 0 spiro atoms. The van der Waals surface area contributed by atoms with Crippen molar-refractivity contribution in [2.45, 2.75) is 25.0 Å². The largest absolute Gasteiger partial charge is 0.345 e. The van der Waals surface area contributed by atoms with Crippen molar-refractivity contribution in [1.82, 2.24) is 20.1 Å². The summed E-state index contributed by atoms with van der Waals surface area (Å²) in [6.45, 7) is 2.18. The summed E-state index contributed by atoms with van der Waals surface area (Å²) in [7, 11) is 0. The predicted molar refractivity (Wildman–Crippen MR) is 154 cm³/mol.